The molecule has 0 saturated heterocycles. The molecule has 4 aromatic rings. The van der Waals surface area contributed by atoms with Gasteiger partial charge in [-0.05, 0) is 23.1 Å². The monoisotopic (exact) mass is 471 g/mol. The largest absolute Gasteiger partial charge is 0.476 e. The first-order valence-corrected chi connectivity index (χ1v) is 11.9. The predicted molar refractivity (Wildman–Crippen MR) is 135 cm³/mol. The van der Waals surface area contributed by atoms with Gasteiger partial charge in [-0.2, -0.15) is 0 Å². The lowest BCUT2D eigenvalue weighted by Gasteiger charge is -2.36. The average Bonchev–Trinajstić information content (AvgIpc) is 3.34. The summed E-state index contributed by atoms with van der Waals surface area (Å²) in [4.78, 5) is 21.5. The van der Waals surface area contributed by atoms with Crippen LogP contribution in [0.2, 0.25) is 0 Å². The second kappa shape index (κ2) is 10.8. The van der Waals surface area contributed by atoms with Crippen molar-refractivity contribution in [2.24, 2.45) is 5.16 Å². The number of oxime groups is 1. The maximum absolute atomic E-state index is 11.8. The van der Waals surface area contributed by atoms with Gasteiger partial charge in [0.05, 0.1) is 0 Å². The quantitative estimate of drug-likeness (QED) is 0.133. The van der Waals surface area contributed by atoms with Gasteiger partial charge in [-0.3, -0.25) is 0 Å². The van der Waals surface area contributed by atoms with Crippen molar-refractivity contribution in [1.29, 1.82) is 0 Å². The van der Waals surface area contributed by atoms with E-state index in [0.29, 0.717) is 11.7 Å². The number of nitrogens with zero attached hydrogens (tertiary/aromatic N) is 2. The highest BCUT2D eigenvalue weighted by Gasteiger charge is 2.37. The lowest BCUT2D eigenvalue weighted by atomic mass is 9.77. The van der Waals surface area contributed by atoms with E-state index in [0.717, 1.165) is 23.1 Å². The minimum Gasteiger partial charge on any atom is -0.476 e. The van der Waals surface area contributed by atoms with E-state index in [1.165, 1.54) is 11.3 Å². The summed E-state index contributed by atoms with van der Waals surface area (Å²) in [7, 11) is 0. The van der Waals surface area contributed by atoms with Crippen LogP contribution in [0.4, 0.5) is 5.13 Å². The van der Waals surface area contributed by atoms with Crippen LogP contribution in [0.3, 0.4) is 0 Å². The van der Waals surface area contributed by atoms with E-state index in [-0.39, 0.29) is 11.4 Å². The fourth-order valence-electron chi connectivity index (χ4n) is 3.78. The van der Waals surface area contributed by atoms with Crippen molar-refractivity contribution in [2.45, 2.75) is 18.9 Å². The number of aromatic nitrogens is 1. The highest BCUT2D eigenvalue weighted by atomic mass is 32.1. The summed E-state index contributed by atoms with van der Waals surface area (Å²) < 4.78 is 0. The topological polar surface area (TPSA) is 83.8 Å². The summed E-state index contributed by atoms with van der Waals surface area (Å²) in [5.41, 5.74) is 2.37. The minimum atomic E-state index is -1.19. The van der Waals surface area contributed by atoms with Crippen LogP contribution in [-0.2, 0) is 15.2 Å². The summed E-state index contributed by atoms with van der Waals surface area (Å²) in [5.74, 6) is -1.19. The third-order valence-electron chi connectivity index (χ3n) is 5.32. The number of rotatable bonds is 10. The van der Waals surface area contributed by atoms with Crippen molar-refractivity contribution in [3.8, 4) is 0 Å². The van der Waals surface area contributed by atoms with Crippen LogP contribution in [0.15, 0.2) is 102 Å². The number of benzene rings is 3. The van der Waals surface area contributed by atoms with E-state index in [1.807, 2.05) is 61.5 Å². The Morgan fingerprint density at radius 3 is 1.88 bits per heavy atom. The molecule has 0 aliphatic heterocycles. The van der Waals surface area contributed by atoms with Gasteiger partial charge in [0, 0.05) is 5.38 Å². The molecule has 172 valence electrons. The molecule has 6 nitrogen and oxygen atoms in total. The molecule has 2 N–H and O–H groups in total. The second-order valence-electron chi connectivity index (χ2n) is 7.59. The van der Waals surface area contributed by atoms with Gasteiger partial charge in [0.15, 0.2) is 5.13 Å². The maximum Gasteiger partial charge on any atom is 0.360 e. The Hall–Kier alpha value is -3.97. The molecule has 0 saturated carbocycles. The third-order valence-corrected chi connectivity index (χ3v) is 6.07. The van der Waals surface area contributed by atoms with Crippen molar-refractivity contribution in [2.75, 3.05) is 11.9 Å². The van der Waals surface area contributed by atoms with Crippen molar-refractivity contribution >= 4 is 28.1 Å². The Morgan fingerprint density at radius 2 is 1.44 bits per heavy atom. The van der Waals surface area contributed by atoms with Crippen molar-refractivity contribution in [3.05, 3.63) is 119 Å². The summed E-state index contributed by atoms with van der Waals surface area (Å²) in [5, 5.41) is 19.3. The fourth-order valence-corrected chi connectivity index (χ4v) is 4.53. The van der Waals surface area contributed by atoms with Gasteiger partial charge in [0.1, 0.15) is 17.8 Å². The smallest absolute Gasteiger partial charge is 0.360 e. The Bertz CT molecular complexity index is 1150. The summed E-state index contributed by atoms with van der Waals surface area (Å²) in [6.45, 7) is 2.27. The van der Waals surface area contributed by atoms with Crippen LogP contribution in [-0.4, -0.2) is 28.4 Å². The second-order valence-corrected chi connectivity index (χ2v) is 8.45. The van der Waals surface area contributed by atoms with Crippen molar-refractivity contribution in [1.82, 2.24) is 4.98 Å². The first-order chi connectivity index (χ1) is 16.6. The molecule has 0 spiro atoms. The molecule has 1 aromatic heterocycles. The number of anilines is 1. The molecule has 0 aliphatic carbocycles. The van der Waals surface area contributed by atoms with E-state index in [2.05, 4.69) is 51.9 Å². The van der Waals surface area contributed by atoms with Crippen LogP contribution in [0.1, 0.15) is 35.7 Å². The zero-order valence-electron chi connectivity index (χ0n) is 18.7. The van der Waals surface area contributed by atoms with Gasteiger partial charge in [0.25, 0.3) is 0 Å². The van der Waals surface area contributed by atoms with Crippen LogP contribution in [0, 0.1) is 0 Å². The lowest BCUT2D eigenvalue weighted by Crippen LogP contribution is -2.38. The van der Waals surface area contributed by atoms with Crippen LogP contribution < -0.4 is 5.32 Å². The molecule has 0 bridgehead atoms. The molecule has 0 unspecified atom stereocenters. The maximum atomic E-state index is 11.8. The average molecular weight is 472 g/mol. The molecule has 34 heavy (non-hydrogen) atoms. The Kier molecular flexibility index (Phi) is 7.34. The van der Waals surface area contributed by atoms with Crippen molar-refractivity contribution in [3.63, 3.8) is 0 Å². The molecule has 0 amide bonds. The Morgan fingerprint density at radius 1 is 0.941 bits per heavy atom. The molecule has 0 radical (unpaired) electrons. The first-order valence-electron chi connectivity index (χ1n) is 11.0. The molecule has 0 atom stereocenters. The fraction of sp³-hybridized carbons (Fsp3) is 0.148. The number of hydrogen-bond donors (Lipinski definition) is 2. The number of aliphatic carboxylic acids is 1. The van der Waals surface area contributed by atoms with Crippen LogP contribution in [0.5, 0.6) is 0 Å². The number of carboxylic acids is 1. The zero-order chi connectivity index (χ0) is 23.8. The number of carboxylic acid groups (broad SMARTS) is 1. The Balaban J connectivity index is 1.84. The first kappa shape index (κ1) is 23.2. The lowest BCUT2D eigenvalue weighted by molar-refractivity contribution is -0.129. The van der Waals surface area contributed by atoms with Gasteiger partial charge in [0.2, 0.25) is 5.71 Å². The van der Waals surface area contributed by atoms with Gasteiger partial charge in [-0.1, -0.05) is 103 Å². The predicted octanol–water partition coefficient (Wildman–Crippen LogP) is 5.76. The normalized spacial score (nSPS) is 11.7. The Labute approximate surface area is 202 Å². The molecule has 1 heterocycles. The van der Waals surface area contributed by atoms with Crippen LogP contribution >= 0.6 is 11.3 Å². The van der Waals surface area contributed by atoms with Gasteiger partial charge in [-0.15, -0.1) is 11.3 Å². The van der Waals surface area contributed by atoms with E-state index in [4.69, 9.17) is 4.84 Å². The van der Waals surface area contributed by atoms with E-state index >= 15 is 0 Å². The van der Waals surface area contributed by atoms with Gasteiger partial charge < -0.3 is 15.3 Å². The molecule has 0 aliphatic rings. The standard InChI is InChI=1S/C27H25N3O3S/c1-2-18-33-30-24(25(31)32)23-19-34-26(28-23)29-27(20-12-6-3-7-13-20,21-14-8-4-9-15-21)22-16-10-5-11-17-22/h3-17,19H,2,18H2,1H3,(H,28,29)(H,31,32)/b30-24+. The molecule has 7 heteroatoms. The number of hydrogen-bond acceptors (Lipinski definition) is 6. The zero-order valence-corrected chi connectivity index (χ0v) is 19.5. The molecule has 4 rings (SSSR count). The highest BCUT2D eigenvalue weighted by Crippen LogP contribution is 2.40. The third kappa shape index (κ3) is 4.84. The minimum absolute atomic E-state index is 0.220. The molecular formula is C27H25N3O3S. The SMILES string of the molecule is CCCO/N=C(/C(=O)O)c1csc(NC(c2ccccc2)(c2ccccc2)c2ccccc2)n1. The highest BCUT2D eigenvalue weighted by molar-refractivity contribution is 7.14. The summed E-state index contributed by atoms with van der Waals surface area (Å²) in [6.07, 6.45) is 0.730. The van der Waals surface area contributed by atoms with Crippen LogP contribution in [0.25, 0.3) is 0 Å². The molecular weight excluding hydrogens is 446 g/mol. The van der Waals surface area contributed by atoms with E-state index in [1.54, 1.807) is 5.38 Å². The molecule has 3 aromatic carbocycles. The number of carbonyl (C=O) groups is 1. The van der Waals surface area contributed by atoms with Gasteiger partial charge in [-0.25, -0.2) is 9.78 Å². The summed E-state index contributed by atoms with van der Waals surface area (Å²) in [6, 6.07) is 30.4. The number of nitrogens with one attached hydrogen (secondary N) is 1. The molecule has 0 fully saturated rings. The van der Waals surface area contributed by atoms with Gasteiger partial charge >= 0.3 is 5.97 Å². The van der Waals surface area contributed by atoms with Crippen molar-refractivity contribution < 1.29 is 14.7 Å². The van der Waals surface area contributed by atoms with E-state index in [9.17, 15) is 9.90 Å². The number of thiazole rings is 1. The van der Waals surface area contributed by atoms with E-state index < -0.39 is 11.5 Å². The summed E-state index contributed by atoms with van der Waals surface area (Å²) >= 11 is 1.32.